The van der Waals surface area contributed by atoms with Crippen LogP contribution in [0.5, 0.6) is 0 Å². The van der Waals surface area contributed by atoms with E-state index in [1.165, 1.54) is 57.0 Å². The molecule has 18 heavy (non-hydrogen) atoms. The van der Waals surface area contributed by atoms with Gasteiger partial charge in [0.2, 0.25) is 0 Å². The van der Waals surface area contributed by atoms with Crippen LogP contribution in [-0.4, -0.2) is 35.7 Å². The van der Waals surface area contributed by atoms with Gasteiger partial charge in [0, 0.05) is 0 Å². The van der Waals surface area contributed by atoms with E-state index in [1.807, 2.05) is 0 Å². The third-order valence-corrected chi connectivity index (χ3v) is 9.60. The Morgan fingerprint density at radius 1 is 0.833 bits per heavy atom. The van der Waals surface area contributed by atoms with E-state index in [0.29, 0.717) is 6.42 Å². The molecule has 0 aliphatic rings. The van der Waals surface area contributed by atoms with E-state index in [0.717, 1.165) is 6.16 Å². The van der Waals surface area contributed by atoms with Gasteiger partial charge in [-0.25, -0.2) is 0 Å². The van der Waals surface area contributed by atoms with Crippen molar-refractivity contribution in [1.29, 1.82) is 0 Å². The molecule has 0 aliphatic heterocycles. The van der Waals surface area contributed by atoms with Gasteiger partial charge in [-0.05, 0) is 0 Å². The molecule has 0 aromatic heterocycles. The van der Waals surface area contributed by atoms with Crippen LogP contribution in [-0.2, 0) is 4.79 Å². The molecule has 0 saturated heterocycles. The first kappa shape index (κ1) is 17.9. The van der Waals surface area contributed by atoms with Crippen LogP contribution in [0.2, 0.25) is 0 Å². The average molecular weight is 276 g/mol. The molecule has 0 atom stereocenters. The molecule has 0 radical (unpaired) electrons. The predicted molar refractivity (Wildman–Crippen MR) is 84.8 cm³/mol. The number of carbonyl (C=O) groups is 1. The van der Waals surface area contributed by atoms with Crippen LogP contribution in [0.1, 0.15) is 65.7 Å². The topological polar surface area (TPSA) is 37.3 Å². The maximum absolute atomic E-state index is 10.9. The summed E-state index contributed by atoms with van der Waals surface area (Å²) in [6, 6.07) is 0. The van der Waals surface area contributed by atoms with Gasteiger partial charge in [-0.3, -0.25) is 0 Å². The van der Waals surface area contributed by atoms with E-state index in [4.69, 9.17) is 5.11 Å². The van der Waals surface area contributed by atoms with Crippen LogP contribution >= 0.6 is 7.26 Å². The zero-order chi connectivity index (χ0) is 13.9. The Morgan fingerprint density at radius 2 is 1.22 bits per heavy atom. The molecule has 0 bridgehead atoms. The minimum absolute atomic E-state index is 0.406. The van der Waals surface area contributed by atoms with Crippen LogP contribution in [0.4, 0.5) is 0 Å². The number of unbranched alkanes of at least 4 members (excludes halogenated alkanes) is 3. The van der Waals surface area contributed by atoms with E-state index in [2.05, 4.69) is 20.8 Å². The average Bonchev–Trinajstić information content (AvgIpc) is 2.37. The monoisotopic (exact) mass is 276 g/mol. The van der Waals surface area contributed by atoms with Crippen molar-refractivity contribution in [1.82, 2.24) is 0 Å². The van der Waals surface area contributed by atoms with Crippen LogP contribution in [0, 0.1) is 0 Å². The second kappa shape index (κ2) is 10.8. The van der Waals surface area contributed by atoms with E-state index < -0.39 is 13.2 Å². The Hall–Kier alpha value is -0.100. The molecule has 0 fully saturated rings. The number of hydrogen-bond donors (Lipinski definition) is 1. The van der Waals surface area contributed by atoms with Crippen molar-refractivity contribution >= 4 is 13.2 Å². The molecule has 0 rings (SSSR count). The number of hydrogen-bond acceptors (Lipinski definition) is 1. The van der Waals surface area contributed by atoms with E-state index in [1.54, 1.807) is 0 Å². The molecule has 0 amide bonds. The first-order valence-corrected chi connectivity index (χ1v) is 10.6. The van der Waals surface area contributed by atoms with Gasteiger partial charge in [0.05, 0.1) is 0 Å². The minimum atomic E-state index is -1.30. The normalized spacial score (nSPS) is 12.6. The quantitative estimate of drug-likeness (QED) is 0.528. The summed E-state index contributed by atoms with van der Waals surface area (Å²) in [6.07, 6.45) is 13.2. The first-order chi connectivity index (χ1) is 8.60. The zero-order valence-corrected chi connectivity index (χ0v) is 13.6. The summed E-state index contributed by atoms with van der Waals surface area (Å²) in [5.74, 6) is -0.601. The van der Waals surface area contributed by atoms with Crippen molar-refractivity contribution in [3.05, 3.63) is 0 Å². The van der Waals surface area contributed by atoms with Gasteiger partial charge >= 0.3 is 113 Å². The molecule has 1 N–H and O–H groups in total. The second-order valence-corrected chi connectivity index (χ2v) is 10.7. The number of carboxylic acid groups (broad SMARTS) is 1. The first-order valence-electron chi connectivity index (χ1n) is 7.82. The third kappa shape index (κ3) is 8.08. The Kier molecular flexibility index (Phi) is 10.7. The third-order valence-electron chi connectivity index (χ3n) is 4.05. The molecule has 110 valence electrons. The van der Waals surface area contributed by atoms with E-state index in [-0.39, 0.29) is 0 Å². The summed E-state index contributed by atoms with van der Waals surface area (Å²) in [5, 5.41) is 8.98. The van der Waals surface area contributed by atoms with Crippen molar-refractivity contribution in [2.75, 3.05) is 24.6 Å². The van der Waals surface area contributed by atoms with Gasteiger partial charge in [0.15, 0.2) is 0 Å². The fourth-order valence-electron chi connectivity index (χ4n) is 2.78. The van der Waals surface area contributed by atoms with Gasteiger partial charge in [-0.1, -0.05) is 0 Å². The summed E-state index contributed by atoms with van der Waals surface area (Å²) in [4.78, 5) is 10.9. The number of carboxylic acids is 1. The molecular formula is C15H33O2P. The zero-order valence-electron chi connectivity index (χ0n) is 12.6. The molecule has 3 heteroatoms. The molecule has 0 saturated carbocycles. The molecule has 0 aromatic carbocycles. The van der Waals surface area contributed by atoms with Gasteiger partial charge in [-0.15, -0.1) is 0 Å². The van der Waals surface area contributed by atoms with Gasteiger partial charge in [0.1, 0.15) is 0 Å². The summed E-state index contributed by atoms with van der Waals surface area (Å²) >= 11 is 0. The SMILES string of the molecule is CCCC[PH](CCCC)(CCCC)CCC(=O)O. The Balaban J connectivity index is 4.55. The van der Waals surface area contributed by atoms with Crippen molar-refractivity contribution in [2.45, 2.75) is 65.7 Å². The maximum atomic E-state index is 10.9. The van der Waals surface area contributed by atoms with Gasteiger partial charge < -0.3 is 0 Å². The summed E-state index contributed by atoms with van der Waals surface area (Å²) in [5.41, 5.74) is 0. The molecule has 0 unspecified atom stereocenters. The molecule has 0 spiro atoms. The molecule has 0 aromatic rings. The molecule has 0 heterocycles. The van der Waals surface area contributed by atoms with Crippen molar-refractivity contribution < 1.29 is 9.90 Å². The van der Waals surface area contributed by atoms with Gasteiger partial charge in [0.25, 0.3) is 0 Å². The van der Waals surface area contributed by atoms with Crippen molar-refractivity contribution in [3.63, 3.8) is 0 Å². The Labute approximate surface area is 114 Å². The van der Waals surface area contributed by atoms with Crippen LogP contribution in [0.3, 0.4) is 0 Å². The molecule has 0 aliphatic carbocycles. The number of aliphatic carboxylic acids is 1. The standard InChI is InChI=1S/C15H33O2P/c1-4-7-11-18(12-8-5-2,13-9-6-3)14-10-15(16)17/h18H,4-14H2,1-3H3,(H,16,17). The second-order valence-electron chi connectivity index (χ2n) is 5.70. The van der Waals surface area contributed by atoms with Crippen LogP contribution < -0.4 is 0 Å². The Bertz CT molecular complexity index is 195. The fourth-order valence-corrected chi connectivity index (χ4v) is 8.33. The van der Waals surface area contributed by atoms with Crippen molar-refractivity contribution in [3.8, 4) is 0 Å². The summed E-state index contributed by atoms with van der Waals surface area (Å²) in [7, 11) is -1.30. The fraction of sp³-hybridized carbons (Fsp3) is 0.933. The van der Waals surface area contributed by atoms with Crippen LogP contribution in [0.25, 0.3) is 0 Å². The van der Waals surface area contributed by atoms with Crippen LogP contribution in [0.15, 0.2) is 0 Å². The number of rotatable bonds is 12. The summed E-state index contributed by atoms with van der Waals surface area (Å²) < 4.78 is 0. The van der Waals surface area contributed by atoms with Gasteiger partial charge in [-0.2, -0.15) is 0 Å². The predicted octanol–water partition coefficient (Wildman–Crippen LogP) is 4.61. The molecular weight excluding hydrogens is 243 g/mol. The molecule has 2 nitrogen and oxygen atoms in total. The summed E-state index contributed by atoms with van der Waals surface area (Å²) in [6.45, 7) is 6.74. The van der Waals surface area contributed by atoms with E-state index >= 15 is 0 Å². The Morgan fingerprint density at radius 3 is 1.50 bits per heavy atom. The van der Waals surface area contributed by atoms with Crippen molar-refractivity contribution in [2.24, 2.45) is 0 Å². The van der Waals surface area contributed by atoms with E-state index in [9.17, 15) is 4.79 Å².